The molecule has 16 N–H and O–H groups in total. The SMILES string of the molecule is C[C@@H]1O[C@@H](O[C@H]2[C@H](O[C@H]3CC[C@@]4(C)C(CC[C@]5(C)C4CC=C4[C@H]6[C@](C(=O)O[C@@H]7O[C@H](CO)[C@@H](O)[C@H](O)[C@H]7O)(CC[C@H](C)[C@@]6(C)O)CC[C@]45C)C3(C)C)OC[C@H](O)[C@@H]2O[C@@H]2O[C@H](CO)[C@@H](O)[C@H](O)[C@H]2O[C@@H]2O[C@H](CO)[C@@H](O)[C@H](O)[C@H]2O)[C@H](O)[C@H](O)[C@H]1O. The summed E-state index contributed by atoms with van der Waals surface area (Å²) in [6, 6.07) is 0. The summed E-state index contributed by atoms with van der Waals surface area (Å²) < 4.78 is 61.3. The molecule has 27 nitrogen and oxygen atoms in total. The fraction of sp³-hybridized carbons (Fsp3) is 0.949. The molecule has 5 aliphatic heterocycles. The van der Waals surface area contributed by atoms with E-state index in [0.29, 0.717) is 44.9 Å². The number of carbonyl (C=O) groups is 1. The number of ether oxygens (including phenoxy) is 10. The van der Waals surface area contributed by atoms with Crippen LogP contribution in [0.1, 0.15) is 113 Å². The van der Waals surface area contributed by atoms with E-state index < -0.39 is 214 Å². The highest BCUT2D eigenvalue weighted by Gasteiger charge is 2.72. The number of allylic oxidation sites excluding steroid dienone is 1. The molecule has 10 rings (SSSR count). The minimum atomic E-state index is -1.99. The van der Waals surface area contributed by atoms with E-state index in [4.69, 9.17) is 47.4 Å². The summed E-state index contributed by atoms with van der Waals surface area (Å²) in [4.78, 5) is 14.9. The van der Waals surface area contributed by atoms with Crippen molar-refractivity contribution in [2.24, 2.45) is 50.7 Å². The number of hydrogen-bond donors (Lipinski definition) is 16. The quantitative estimate of drug-likeness (QED) is 0.0482. The number of esters is 1. The average Bonchev–Trinajstić information content (AvgIpc) is 0.700. The summed E-state index contributed by atoms with van der Waals surface area (Å²) >= 11 is 0. The van der Waals surface area contributed by atoms with Gasteiger partial charge in [-0.2, -0.15) is 0 Å². The van der Waals surface area contributed by atoms with Gasteiger partial charge in [0.05, 0.1) is 49.7 Å². The van der Waals surface area contributed by atoms with E-state index >= 15 is 0 Å². The van der Waals surface area contributed by atoms with E-state index in [1.165, 1.54) is 6.92 Å². The Labute approximate surface area is 499 Å². The van der Waals surface area contributed by atoms with Gasteiger partial charge in [-0.1, -0.05) is 53.2 Å². The van der Waals surface area contributed by atoms with E-state index in [1.54, 1.807) is 6.92 Å². The molecule has 27 heteroatoms. The van der Waals surface area contributed by atoms with Crippen LogP contribution in [0.3, 0.4) is 0 Å². The second-order valence-electron chi connectivity index (χ2n) is 28.3. The van der Waals surface area contributed by atoms with Gasteiger partial charge in [0.25, 0.3) is 0 Å². The van der Waals surface area contributed by atoms with Gasteiger partial charge >= 0.3 is 5.97 Å². The molecule has 86 heavy (non-hydrogen) atoms. The molecule has 4 saturated carbocycles. The second kappa shape index (κ2) is 24.6. The maximum absolute atomic E-state index is 14.9. The molecule has 5 aliphatic carbocycles. The maximum Gasteiger partial charge on any atom is 0.315 e. The lowest BCUT2D eigenvalue weighted by Crippen LogP contribution is -2.68. The molecular formula is C59H96O27. The van der Waals surface area contributed by atoms with Crippen LogP contribution in [0.4, 0.5) is 0 Å². The van der Waals surface area contributed by atoms with E-state index in [2.05, 4.69) is 40.7 Å². The lowest BCUT2D eigenvalue weighted by atomic mass is 9.33. The number of aliphatic hydroxyl groups excluding tert-OH is 15. The van der Waals surface area contributed by atoms with Crippen LogP contribution in [-0.2, 0) is 52.2 Å². The Bertz CT molecular complexity index is 2400. The molecule has 0 aromatic carbocycles. The number of aliphatic hydroxyl groups is 16. The highest BCUT2D eigenvalue weighted by molar-refractivity contribution is 5.79. The van der Waals surface area contributed by atoms with Gasteiger partial charge in [-0.15, -0.1) is 0 Å². The van der Waals surface area contributed by atoms with Crippen molar-refractivity contribution < 1.29 is 134 Å². The lowest BCUT2D eigenvalue weighted by molar-refractivity contribution is -0.401. The maximum atomic E-state index is 14.9. The first-order valence-corrected chi connectivity index (χ1v) is 30.8. The van der Waals surface area contributed by atoms with Gasteiger partial charge in [-0.05, 0) is 111 Å². The summed E-state index contributed by atoms with van der Waals surface area (Å²) in [6.45, 7) is 13.5. The molecule has 0 bridgehead atoms. The third-order valence-electron chi connectivity index (χ3n) is 23.5. The lowest BCUT2D eigenvalue weighted by Gasteiger charge is -2.72. The van der Waals surface area contributed by atoms with Crippen LogP contribution in [0, 0.1) is 50.7 Å². The van der Waals surface area contributed by atoms with Crippen molar-refractivity contribution in [1.82, 2.24) is 0 Å². The second-order valence-corrected chi connectivity index (χ2v) is 28.3. The Hall–Kier alpha value is -1.79. The molecular weight excluding hydrogens is 1140 g/mol. The zero-order chi connectivity index (χ0) is 62.9. The van der Waals surface area contributed by atoms with Crippen LogP contribution in [0.2, 0.25) is 0 Å². The van der Waals surface area contributed by atoms with Gasteiger partial charge in [0, 0.05) is 5.92 Å². The predicted octanol–water partition coefficient (Wildman–Crippen LogP) is -3.57. The van der Waals surface area contributed by atoms with Crippen molar-refractivity contribution >= 4 is 5.97 Å². The molecule has 0 aromatic rings. The van der Waals surface area contributed by atoms with Crippen LogP contribution in [-0.4, -0.2) is 273 Å². The Morgan fingerprint density at radius 3 is 1.69 bits per heavy atom. The van der Waals surface area contributed by atoms with Crippen molar-refractivity contribution in [2.75, 3.05) is 26.4 Å². The van der Waals surface area contributed by atoms with Crippen molar-refractivity contribution in [2.45, 2.75) is 272 Å². The summed E-state index contributed by atoms with van der Waals surface area (Å²) in [7, 11) is 0. The topological polar surface area (TPSA) is 433 Å². The minimum Gasteiger partial charge on any atom is -0.432 e. The molecule has 10 aliphatic rings. The molecule has 34 atom stereocenters. The third kappa shape index (κ3) is 10.8. The third-order valence-corrected chi connectivity index (χ3v) is 23.5. The van der Waals surface area contributed by atoms with Crippen LogP contribution in [0.15, 0.2) is 11.6 Å². The van der Waals surface area contributed by atoms with Gasteiger partial charge in [0.1, 0.15) is 110 Å². The number of hydrogen-bond acceptors (Lipinski definition) is 27. The zero-order valence-electron chi connectivity index (χ0n) is 50.2. The van der Waals surface area contributed by atoms with E-state index in [-0.39, 0.29) is 28.6 Å². The standard InChI is InChI=1S/C59H96O27/c1-23-11-16-59(53(75)86-50-43(74)39(70)35(66)28(20-61)80-50)18-17-56(6)25(47(59)58(23,8)76)9-10-31-55(5)14-13-32(54(3,4)30(55)12-15-57(31,56)7)82-51-46(85-48-41(72)37(68)33(64)24(2)78-48)44(26(63)22-77-51)83-52-45(40(71)36(67)29(21-62)81-52)84-49-42(73)38(69)34(65)27(19-60)79-49/h9,23-24,26-52,60-74,76H,10-22H2,1-8H3/t23-,24-,26-,27+,28+,29+,30?,31?,32-,33-,34+,35+,36+,37+,38-,39-,40-,41+,42+,43+,44-,45+,46+,47+,48-,49-,50-,51-,52-,55-,56+,57+,58+,59-/m0/s1. The molecule has 2 unspecified atom stereocenters. The first-order chi connectivity index (χ1) is 40.3. The van der Waals surface area contributed by atoms with Crippen LogP contribution in [0.25, 0.3) is 0 Å². The fourth-order valence-electron chi connectivity index (χ4n) is 17.9. The normalized spacial score (nSPS) is 55.6. The van der Waals surface area contributed by atoms with Gasteiger partial charge in [0.15, 0.2) is 25.2 Å². The number of rotatable bonds is 13. The van der Waals surface area contributed by atoms with Crippen molar-refractivity contribution in [3.63, 3.8) is 0 Å². The van der Waals surface area contributed by atoms with Crippen molar-refractivity contribution in [1.29, 1.82) is 0 Å². The molecule has 0 amide bonds. The average molecular weight is 1240 g/mol. The molecule has 0 aromatic heterocycles. The van der Waals surface area contributed by atoms with Gasteiger partial charge in [-0.25, -0.2) is 0 Å². The zero-order valence-corrected chi connectivity index (χ0v) is 50.2. The van der Waals surface area contributed by atoms with Crippen LogP contribution >= 0.6 is 0 Å². The monoisotopic (exact) mass is 1240 g/mol. The summed E-state index contributed by atoms with van der Waals surface area (Å²) in [5.41, 5.74) is -3.53. The Balaban J connectivity index is 0.927. The molecule has 5 heterocycles. The van der Waals surface area contributed by atoms with Crippen molar-refractivity contribution in [3.05, 3.63) is 11.6 Å². The van der Waals surface area contributed by atoms with Gasteiger partial charge in [0.2, 0.25) is 6.29 Å². The Morgan fingerprint density at radius 2 is 1.07 bits per heavy atom. The van der Waals surface area contributed by atoms with Crippen LogP contribution < -0.4 is 0 Å². The fourth-order valence-corrected chi connectivity index (χ4v) is 17.9. The van der Waals surface area contributed by atoms with Gasteiger partial charge < -0.3 is 129 Å². The van der Waals surface area contributed by atoms with Gasteiger partial charge in [-0.3, -0.25) is 4.79 Å². The van der Waals surface area contributed by atoms with E-state index in [9.17, 15) is 86.5 Å². The first kappa shape index (κ1) is 67.1. The Morgan fingerprint density at radius 1 is 0.535 bits per heavy atom. The largest absolute Gasteiger partial charge is 0.432 e. The van der Waals surface area contributed by atoms with E-state index in [0.717, 1.165) is 18.4 Å². The van der Waals surface area contributed by atoms with Crippen molar-refractivity contribution in [3.8, 4) is 0 Å². The predicted molar refractivity (Wildman–Crippen MR) is 289 cm³/mol. The first-order valence-electron chi connectivity index (χ1n) is 30.8. The Kier molecular flexibility index (Phi) is 19.2. The molecule has 9 fully saturated rings. The highest BCUT2D eigenvalue weighted by Crippen LogP contribution is 2.76. The molecule has 5 saturated heterocycles. The molecule has 0 radical (unpaired) electrons. The summed E-state index contributed by atoms with van der Waals surface area (Å²) in [5, 5.41) is 174. The van der Waals surface area contributed by atoms with E-state index in [1.807, 2.05) is 6.92 Å². The number of carbonyl (C=O) groups excluding carboxylic acids is 1. The summed E-state index contributed by atoms with van der Waals surface area (Å²) in [5.74, 6) is -1.54. The van der Waals surface area contributed by atoms with Crippen LogP contribution in [0.5, 0.6) is 0 Å². The highest BCUT2D eigenvalue weighted by atomic mass is 16.8. The summed E-state index contributed by atoms with van der Waals surface area (Å²) in [6.07, 6.45) is -34.1. The smallest absolute Gasteiger partial charge is 0.315 e. The molecule has 494 valence electrons. The molecule has 0 spiro atoms. The minimum absolute atomic E-state index is 0.000237. The number of fused-ring (bicyclic) bond motifs is 7.